The van der Waals surface area contributed by atoms with Crippen molar-refractivity contribution < 1.29 is 57.4 Å². The number of hydrogen-bond acceptors (Lipinski definition) is 15. The molecule has 2 aromatic rings. The lowest BCUT2D eigenvalue weighted by Crippen LogP contribution is -2.62. The van der Waals surface area contributed by atoms with Crippen LogP contribution in [0.1, 0.15) is 69.2 Å². The van der Waals surface area contributed by atoms with Gasteiger partial charge in [0, 0.05) is 35.5 Å². The summed E-state index contributed by atoms with van der Waals surface area (Å²) in [6.07, 6.45) is 1.88. The van der Waals surface area contributed by atoms with E-state index in [2.05, 4.69) is 42.8 Å². The van der Waals surface area contributed by atoms with E-state index in [1.807, 2.05) is 95.3 Å². The van der Waals surface area contributed by atoms with Crippen molar-refractivity contribution in [2.24, 2.45) is 16.6 Å². The van der Waals surface area contributed by atoms with Crippen LogP contribution in [0.4, 0.5) is 11.4 Å². The van der Waals surface area contributed by atoms with Crippen LogP contribution in [-0.4, -0.2) is 127 Å². The molecule has 3 amide bonds. The Hall–Kier alpha value is -3.82. The van der Waals surface area contributed by atoms with Crippen LogP contribution in [0.15, 0.2) is 82.6 Å². The first-order valence-corrected chi connectivity index (χ1v) is 23.9. The van der Waals surface area contributed by atoms with Crippen molar-refractivity contribution in [3.63, 3.8) is 0 Å². The molecule has 10 atom stereocenters. The summed E-state index contributed by atoms with van der Waals surface area (Å²) >= 11 is 3.09. The van der Waals surface area contributed by atoms with Gasteiger partial charge in [-0.2, -0.15) is 0 Å². The molecule has 0 radical (unpaired) electrons. The highest BCUT2D eigenvalue weighted by Crippen LogP contribution is 2.37. The molecule has 6 N–H and O–H groups in total. The number of amides is 3. The summed E-state index contributed by atoms with van der Waals surface area (Å²) in [5, 5.41) is 19.4. The molecule has 0 aliphatic carbocycles. The maximum atomic E-state index is 13.2. The van der Waals surface area contributed by atoms with Gasteiger partial charge in [0.2, 0.25) is 11.8 Å². The van der Waals surface area contributed by atoms with Crippen LogP contribution in [0, 0.1) is 10.8 Å². The molecule has 364 valence electrons. The van der Waals surface area contributed by atoms with Gasteiger partial charge in [-0.25, -0.2) is 4.79 Å². The van der Waals surface area contributed by atoms with E-state index in [9.17, 15) is 24.3 Å². The molecule has 3 fully saturated rings. The number of thioether (sulfide) groups is 2. The molecule has 18 heteroatoms. The average molecular weight is 957 g/mol. The van der Waals surface area contributed by atoms with Crippen molar-refractivity contribution in [1.29, 1.82) is 0 Å². The molecular weight excluding hydrogens is 889 g/mol. The Bertz CT molecular complexity index is 2090. The average Bonchev–Trinajstić information content (AvgIpc) is 3.35. The van der Waals surface area contributed by atoms with E-state index in [0.717, 1.165) is 15.5 Å². The Kier molecular flexibility index (Phi) is 17.8. The molecule has 5 aliphatic heterocycles. The second kappa shape index (κ2) is 22.1. The predicted molar refractivity (Wildman–Crippen MR) is 254 cm³/mol. The van der Waals surface area contributed by atoms with Crippen LogP contribution in [0.2, 0.25) is 0 Å². The summed E-state index contributed by atoms with van der Waals surface area (Å²) in [5.74, 6) is -2.16. The normalized spacial score (nSPS) is 29.7. The number of nitrogens with one attached hydrogen (secondary N) is 3. The largest absolute Gasteiger partial charge is 0.454 e. The number of rotatable bonds is 7. The standard InChI is InChI=1S/C24H34N2O6S.C15H24O5.C9H10N2OS/c1-23(2,3)12-11-16-18(27)19(32-24(4,5)31-16)20(30-6)22(29)26-15-13-33-17-10-8-7-9-14(17)25-21(15)28;1-14(2,3)8-7-9-10-11(20-15(4,5)19-9)12(17-6)13(16)18-10;10-6-5-13-8-4-2-1-3-7(8)11-9(6)12/h7-12,15-16,18-20,27H,13H2,1-6H3,(H,25,28)(H,26,29);7-12H,1-6H3;1-4,6H,5,10H2,(H,11,12)/b12-11+;8-7+;/t15?,16-,18+,19-,20-;9-,10+,11-,12-;/m11./s1. The van der Waals surface area contributed by atoms with Gasteiger partial charge in [-0.3, -0.25) is 14.4 Å². The molecule has 7 rings (SSSR count). The molecule has 0 spiro atoms. The van der Waals surface area contributed by atoms with Crippen molar-refractivity contribution in [1.82, 2.24) is 5.32 Å². The number of aliphatic hydroxyl groups excluding tert-OH is 1. The Balaban J connectivity index is 0.000000208. The number of para-hydroxylation sites is 2. The maximum Gasteiger partial charge on any atom is 0.338 e. The zero-order valence-electron chi connectivity index (χ0n) is 39.9. The van der Waals surface area contributed by atoms with Crippen molar-refractivity contribution in [3.05, 3.63) is 72.8 Å². The van der Waals surface area contributed by atoms with Gasteiger partial charge in [0.15, 0.2) is 29.9 Å². The van der Waals surface area contributed by atoms with Gasteiger partial charge < -0.3 is 59.9 Å². The molecule has 5 aliphatic rings. The Morgan fingerprint density at radius 3 is 1.86 bits per heavy atom. The third-order valence-corrected chi connectivity index (χ3v) is 12.9. The van der Waals surface area contributed by atoms with Crippen LogP contribution in [0.3, 0.4) is 0 Å². The van der Waals surface area contributed by atoms with E-state index < -0.39 is 78.3 Å². The van der Waals surface area contributed by atoms with Crippen LogP contribution in [0.5, 0.6) is 0 Å². The number of aliphatic hydroxyl groups is 1. The smallest absolute Gasteiger partial charge is 0.338 e. The molecule has 3 saturated heterocycles. The maximum absolute atomic E-state index is 13.2. The number of esters is 1. The van der Waals surface area contributed by atoms with E-state index in [4.69, 9.17) is 38.9 Å². The SMILES string of the molecule is CO[C@@H](C(=O)NC1CSc2ccccc2NC1=O)[C@@H]1OC(C)(C)O[C@H](/C=C/C(C)(C)C)[C@@H]1O.CO[C@H]1C(=O)O[C@@H]2[C@H]1OC(C)(C)O[C@@H]2/C=C/C(C)(C)C.NC1CSc2ccccc2NC1=O. The zero-order chi connectivity index (χ0) is 48.8. The summed E-state index contributed by atoms with van der Waals surface area (Å²) in [6.45, 7) is 19.5. The van der Waals surface area contributed by atoms with Crippen LogP contribution >= 0.6 is 23.5 Å². The summed E-state index contributed by atoms with van der Waals surface area (Å²) < 4.78 is 39.5. The van der Waals surface area contributed by atoms with Gasteiger partial charge in [0.05, 0.1) is 17.4 Å². The Labute approximate surface area is 397 Å². The van der Waals surface area contributed by atoms with E-state index in [0.29, 0.717) is 17.2 Å². The van der Waals surface area contributed by atoms with Crippen LogP contribution in [0.25, 0.3) is 0 Å². The fourth-order valence-corrected chi connectivity index (χ4v) is 9.34. The first-order chi connectivity index (χ1) is 30.8. The van der Waals surface area contributed by atoms with E-state index >= 15 is 0 Å². The quantitative estimate of drug-likeness (QED) is 0.163. The second-order valence-electron chi connectivity index (χ2n) is 19.5. The summed E-state index contributed by atoms with van der Waals surface area (Å²) in [4.78, 5) is 51.1. The van der Waals surface area contributed by atoms with Gasteiger partial charge in [-0.1, -0.05) is 90.1 Å². The predicted octanol–water partition coefficient (Wildman–Crippen LogP) is 5.82. The third kappa shape index (κ3) is 14.6. The number of carbonyl (C=O) groups is 4. The monoisotopic (exact) mass is 956 g/mol. The lowest BCUT2D eigenvalue weighted by atomic mass is 9.93. The zero-order valence-corrected chi connectivity index (χ0v) is 41.6. The highest BCUT2D eigenvalue weighted by Gasteiger charge is 2.55. The van der Waals surface area contributed by atoms with Crippen molar-refractivity contribution >= 4 is 58.6 Å². The number of hydrogen-bond donors (Lipinski definition) is 5. The number of fused-ring (bicyclic) bond motifs is 3. The van der Waals surface area contributed by atoms with Gasteiger partial charge in [0.25, 0.3) is 5.91 Å². The van der Waals surface area contributed by atoms with Gasteiger partial charge in [0.1, 0.15) is 36.6 Å². The summed E-state index contributed by atoms with van der Waals surface area (Å²) in [7, 11) is 2.86. The lowest BCUT2D eigenvalue weighted by molar-refractivity contribution is -0.334. The lowest BCUT2D eigenvalue weighted by Gasteiger charge is -2.45. The van der Waals surface area contributed by atoms with Crippen LogP contribution < -0.4 is 21.7 Å². The van der Waals surface area contributed by atoms with Crippen molar-refractivity contribution in [2.75, 3.05) is 36.4 Å². The van der Waals surface area contributed by atoms with Crippen LogP contribution in [-0.2, 0) is 52.3 Å². The molecule has 0 bridgehead atoms. The number of carbonyl (C=O) groups excluding carboxylic acids is 4. The fraction of sp³-hybridized carbons (Fsp3) is 0.583. The van der Waals surface area contributed by atoms with E-state index in [1.54, 1.807) is 31.7 Å². The summed E-state index contributed by atoms with van der Waals surface area (Å²) in [5.41, 5.74) is 7.13. The first-order valence-electron chi connectivity index (χ1n) is 22.0. The van der Waals surface area contributed by atoms with E-state index in [-0.39, 0.29) is 28.7 Å². The Morgan fingerprint density at radius 1 is 0.788 bits per heavy atom. The van der Waals surface area contributed by atoms with Crippen molar-refractivity contribution in [2.45, 2.75) is 152 Å². The molecule has 66 heavy (non-hydrogen) atoms. The number of nitrogens with two attached hydrogens (primary N) is 1. The molecule has 16 nitrogen and oxygen atoms in total. The minimum atomic E-state index is -1.14. The number of benzene rings is 2. The first kappa shape index (κ1) is 53.1. The Morgan fingerprint density at radius 2 is 1.30 bits per heavy atom. The minimum absolute atomic E-state index is 0.0323. The number of ether oxygens (including phenoxy) is 7. The number of anilines is 2. The highest BCUT2D eigenvalue weighted by atomic mass is 32.2. The number of allylic oxidation sites excluding steroid dienone is 2. The second-order valence-corrected chi connectivity index (χ2v) is 21.7. The minimum Gasteiger partial charge on any atom is -0.454 e. The fourth-order valence-electron chi connectivity index (χ4n) is 7.35. The third-order valence-electron chi connectivity index (χ3n) is 10.5. The molecule has 2 unspecified atom stereocenters. The molecule has 0 saturated carbocycles. The van der Waals surface area contributed by atoms with E-state index in [1.165, 1.54) is 26.0 Å². The van der Waals surface area contributed by atoms with Gasteiger partial charge in [-0.15, -0.1) is 23.5 Å². The van der Waals surface area contributed by atoms with Gasteiger partial charge >= 0.3 is 5.97 Å². The summed E-state index contributed by atoms with van der Waals surface area (Å²) in [6, 6.07) is 14.0. The molecule has 2 aromatic carbocycles. The molecule has 0 aromatic heterocycles. The topological polar surface area (TPSA) is 215 Å². The molecular formula is C48H68N4O12S2. The molecule has 5 heterocycles. The number of methoxy groups -OCH3 is 2. The van der Waals surface area contributed by atoms with Gasteiger partial charge in [-0.05, 0) is 62.8 Å². The van der Waals surface area contributed by atoms with Crippen molar-refractivity contribution in [3.8, 4) is 0 Å². The highest BCUT2D eigenvalue weighted by molar-refractivity contribution is 7.99.